The van der Waals surface area contributed by atoms with E-state index in [1.165, 1.54) is 43.3 Å². The summed E-state index contributed by atoms with van der Waals surface area (Å²) >= 11 is 0. The first-order valence-corrected chi connectivity index (χ1v) is 18.3. The van der Waals surface area contributed by atoms with Gasteiger partial charge in [0.15, 0.2) is 0 Å². The van der Waals surface area contributed by atoms with Crippen molar-refractivity contribution in [1.29, 1.82) is 0 Å². The number of hydrogen-bond acceptors (Lipinski definition) is 11. The number of nitrogens with zero attached hydrogens (tertiary/aromatic N) is 6. The van der Waals surface area contributed by atoms with E-state index in [4.69, 9.17) is 10.8 Å². The van der Waals surface area contributed by atoms with Gasteiger partial charge in [0.1, 0.15) is 0 Å². The van der Waals surface area contributed by atoms with Crippen molar-refractivity contribution in [2.45, 2.75) is 58.3 Å². The van der Waals surface area contributed by atoms with E-state index in [2.05, 4.69) is 34.9 Å². The van der Waals surface area contributed by atoms with Gasteiger partial charge < -0.3 is 16.2 Å². The molecule has 2 heterocycles. The number of benzene rings is 2. The zero-order valence-corrected chi connectivity index (χ0v) is 32.0. The summed E-state index contributed by atoms with van der Waals surface area (Å²) in [6.45, 7) is 15.1. The smallest absolute Gasteiger partial charge is 0.264 e. The van der Waals surface area contributed by atoms with Crippen LogP contribution in [0.2, 0.25) is 0 Å². The lowest BCUT2D eigenvalue weighted by molar-refractivity contribution is -0.114. The second-order valence-electron chi connectivity index (χ2n) is 12.2. The van der Waals surface area contributed by atoms with Crippen LogP contribution in [0.3, 0.4) is 0 Å². The number of rotatable bonds is 7. The van der Waals surface area contributed by atoms with Crippen molar-refractivity contribution >= 4 is 74.1 Å². The molecule has 0 aromatic heterocycles. The number of anilines is 2. The molecule has 6 N–H and O–H groups in total. The Kier molecular flexibility index (Phi) is 16.3. The van der Waals surface area contributed by atoms with Crippen LogP contribution in [0.15, 0.2) is 78.5 Å². The topological polar surface area (TPSA) is 224 Å². The van der Waals surface area contributed by atoms with Crippen LogP contribution in [0.25, 0.3) is 0 Å². The van der Waals surface area contributed by atoms with E-state index in [0.717, 1.165) is 7.11 Å². The molecule has 0 aliphatic carbocycles. The summed E-state index contributed by atoms with van der Waals surface area (Å²) < 4.78 is 55.1. The van der Waals surface area contributed by atoms with Crippen LogP contribution in [0.5, 0.6) is 0 Å². The monoisotopic (exact) mass is 756 g/mol. The molecule has 2 aromatic rings. The number of guanidine groups is 2. The molecule has 278 valence electrons. The number of sulfonamides is 2. The second kappa shape index (κ2) is 18.7. The van der Waals surface area contributed by atoms with Crippen LogP contribution in [0, 0.1) is 10.8 Å². The minimum absolute atomic E-state index is 0. The van der Waals surface area contributed by atoms with Gasteiger partial charge in [-0.3, -0.25) is 14.8 Å². The quantitative estimate of drug-likeness (QED) is 0.159. The van der Waals surface area contributed by atoms with Gasteiger partial charge in [-0.15, -0.1) is 12.4 Å². The van der Waals surface area contributed by atoms with Crippen molar-refractivity contribution in [3.05, 3.63) is 48.5 Å². The van der Waals surface area contributed by atoms with Gasteiger partial charge in [0, 0.05) is 61.8 Å². The summed E-state index contributed by atoms with van der Waals surface area (Å²) in [6, 6.07) is 11.9. The number of carbonyl (C=O) groups is 1. The van der Waals surface area contributed by atoms with Gasteiger partial charge in [-0.05, 0) is 62.4 Å². The molecule has 16 nitrogen and oxygen atoms in total. The minimum atomic E-state index is -3.81. The van der Waals surface area contributed by atoms with Gasteiger partial charge in [0.2, 0.25) is 17.8 Å². The van der Waals surface area contributed by atoms with Crippen LogP contribution in [-0.2, 0) is 24.8 Å². The summed E-state index contributed by atoms with van der Waals surface area (Å²) in [7, 11) is -6.54. The minimum Gasteiger partial charge on any atom is -0.400 e. The number of halogens is 1. The molecule has 0 unspecified atom stereocenters. The number of amides is 1. The molecule has 0 spiro atoms. The van der Waals surface area contributed by atoms with Crippen LogP contribution in [-0.4, -0.2) is 95.5 Å². The first-order chi connectivity index (χ1) is 22.9. The number of nitrogens with two attached hydrogens (primary N) is 1. The molecule has 0 bridgehead atoms. The fraction of sp³-hybridized carbons (Fsp3) is 0.452. The molecule has 2 aliphatic heterocycles. The molecule has 2 aromatic carbocycles. The molecule has 0 radical (unpaired) electrons. The van der Waals surface area contributed by atoms with Crippen molar-refractivity contribution < 1.29 is 26.7 Å². The Morgan fingerprint density at radius 2 is 1.14 bits per heavy atom. The highest BCUT2D eigenvalue weighted by Crippen LogP contribution is 2.23. The van der Waals surface area contributed by atoms with Gasteiger partial charge >= 0.3 is 0 Å². The molecule has 1 amide bonds. The highest BCUT2D eigenvalue weighted by molar-refractivity contribution is 7.90. The highest BCUT2D eigenvalue weighted by Gasteiger charge is 2.31. The standard InChI is InChI=1S/C16H23N5O3S.C14H21N5O2S.CH4O.ClH/c1-5-17-15(21-11-16(3,4)10-18-21)20-25(23,24)14-8-6-13(7-9-14)19-12(2)22;1-4-16-13(19-10-14(2,3)9-17-19)18-22(20,21)12-7-5-11(15)6-8-12;1-2;/h6-10H,5,11H2,1-4H3,(H,17,20)(H,19,22);5-9H,4,10,15H2,1-3H3,(H,16,18);2H,1H3;1H. The lowest BCUT2D eigenvalue weighted by Gasteiger charge is -2.21. The molecular formula is C31H49ClN10O6S2. The second-order valence-corrected chi connectivity index (χ2v) is 15.5. The number of nitrogen functional groups attached to an aromatic ring is 1. The Morgan fingerprint density at radius 1 is 0.780 bits per heavy atom. The van der Waals surface area contributed by atoms with E-state index in [0.29, 0.717) is 37.6 Å². The maximum absolute atomic E-state index is 12.6. The largest absolute Gasteiger partial charge is 0.400 e. The number of aliphatic imine (C=N–C) groups is 2. The van der Waals surface area contributed by atoms with E-state index < -0.39 is 20.0 Å². The molecule has 19 heteroatoms. The van der Waals surface area contributed by atoms with E-state index in [1.807, 2.05) is 41.5 Å². The van der Waals surface area contributed by atoms with E-state index >= 15 is 0 Å². The maximum atomic E-state index is 12.6. The van der Waals surface area contributed by atoms with Crippen molar-refractivity contribution in [2.24, 2.45) is 31.0 Å². The molecule has 50 heavy (non-hydrogen) atoms. The van der Waals surface area contributed by atoms with Crippen molar-refractivity contribution in [2.75, 3.05) is 44.3 Å². The Bertz CT molecular complexity index is 1760. The average molecular weight is 757 g/mol. The molecule has 2 aliphatic rings. The normalized spacial score (nSPS) is 16.3. The number of aliphatic hydroxyl groups excluding tert-OH is 1. The zero-order chi connectivity index (χ0) is 37.0. The van der Waals surface area contributed by atoms with Crippen molar-refractivity contribution in [3.63, 3.8) is 0 Å². The molecule has 0 atom stereocenters. The SMILES string of the molecule is CCN=C(NS(=O)(=O)c1ccc(N)cc1)N1CC(C)(C)C=N1.CCN=C(NS(=O)(=O)c1ccc(NC(C)=O)cc1)N1CC(C)(C)C=N1.CO.Cl. The first kappa shape index (κ1) is 43.8. The summed E-state index contributed by atoms with van der Waals surface area (Å²) in [5.41, 5.74) is 6.34. The average Bonchev–Trinajstić information content (AvgIpc) is 3.58. The van der Waals surface area contributed by atoms with Gasteiger partial charge in [0.05, 0.1) is 22.9 Å². The van der Waals surface area contributed by atoms with Gasteiger partial charge in [0.25, 0.3) is 20.0 Å². The third-order valence-corrected chi connectivity index (χ3v) is 9.13. The molecule has 0 saturated carbocycles. The summed E-state index contributed by atoms with van der Waals surface area (Å²) in [4.78, 5) is 19.7. The van der Waals surface area contributed by atoms with Crippen LogP contribution >= 0.6 is 12.4 Å². The van der Waals surface area contributed by atoms with Crippen molar-refractivity contribution in [3.8, 4) is 0 Å². The predicted octanol–water partition coefficient (Wildman–Crippen LogP) is 2.91. The van der Waals surface area contributed by atoms with Crippen LogP contribution < -0.4 is 20.5 Å². The number of hydrogen-bond donors (Lipinski definition) is 5. The Morgan fingerprint density at radius 3 is 1.44 bits per heavy atom. The number of nitrogens with one attached hydrogen (secondary N) is 3. The molecular weight excluding hydrogens is 708 g/mol. The summed E-state index contributed by atoms with van der Waals surface area (Å²) in [6.07, 6.45) is 3.56. The van der Waals surface area contributed by atoms with Crippen molar-refractivity contribution in [1.82, 2.24) is 19.5 Å². The lowest BCUT2D eigenvalue weighted by Crippen LogP contribution is -2.42. The van der Waals surface area contributed by atoms with Gasteiger partial charge in [-0.1, -0.05) is 27.7 Å². The van der Waals surface area contributed by atoms with Gasteiger partial charge in [-0.2, -0.15) is 10.2 Å². The predicted molar refractivity (Wildman–Crippen MR) is 202 cm³/mol. The third-order valence-electron chi connectivity index (χ3n) is 6.44. The Hall–Kier alpha value is -4.26. The zero-order valence-electron chi connectivity index (χ0n) is 29.6. The molecule has 0 saturated heterocycles. The van der Waals surface area contributed by atoms with Gasteiger partial charge in [-0.25, -0.2) is 36.3 Å². The summed E-state index contributed by atoms with van der Waals surface area (Å²) in [5.74, 6) is 0.192. The molecule has 4 rings (SSSR count). The first-order valence-electron chi connectivity index (χ1n) is 15.3. The maximum Gasteiger partial charge on any atom is 0.264 e. The van der Waals surface area contributed by atoms with Crippen LogP contribution in [0.4, 0.5) is 11.4 Å². The highest BCUT2D eigenvalue weighted by atomic mass is 35.5. The fourth-order valence-corrected chi connectivity index (χ4v) is 6.25. The number of aliphatic hydroxyl groups is 1. The van der Waals surface area contributed by atoms with E-state index in [9.17, 15) is 21.6 Å². The van der Waals surface area contributed by atoms with E-state index in [1.54, 1.807) is 34.6 Å². The number of hydrazone groups is 2. The third kappa shape index (κ3) is 13.2. The lowest BCUT2D eigenvalue weighted by atomic mass is 9.97. The number of carbonyl (C=O) groups excluding carboxylic acids is 1. The van der Waals surface area contributed by atoms with Crippen LogP contribution in [0.1, 0.15) is 48.5 Å². The Labute approximate surface area is 301 Å². The summed E-state index contributed by atoms with van der Waals surface area (Å²) in [5, 5.41) is 21.2. The fourth-order valence-electron chi connectivity index (χ4n) is 4.21. The van der Waals surface area contributed by atoms with E-state index in [-0.39, 0.29) is 50.9 Å². The Balaban J connectivity index is 0.000000471. The molecule has 0 fully saturated rings.